The molecule has 1 N–H and O–H groups in total. The van der Waals surface area contributed by atoms with Crippen LogP contribution >= 0.6 is 0 Å². The van der Waals surface area contributed by atoms with Crippen LogP contribution in [0.15, 0.2) is 53.1 Å². The number of aromatic nitrogens is 2. The first-order chi connectivity index (χ1) is 15.7. The topological polar surface area (TPSA) is 79.5 Å². The van der Waals surface area contributed by atoms with Gasteiger partial charge in [-0.15, -0.1) is 0 Å². The van der Waals surface area contributed by atoms with Gasteiger partial charge < -0.3 is 9.52 Å². The Morgan fingerprint density at radius 3 is 2.72 bits per heavy atom. The SMILES string of the molecule is O=C(O)[C@H](c1ccccc1)N1CCC(c2nc(CCc3ccc4c(n3)CCCC4)co2)C1. The van der Waals surface area contributed by atoms with Gasteiger partial charge in [0.1, 0.15) is 12.3 Å². The van der Waals surface area contributed by atoms with Crippen LogP contribution in [0.2, 0.25) is 0 Å². The average molecular weight is 432 g/mol. The van der Waals surface area contributed by atoms with E-state index >= 15 is 0 Å². The van der Waals surface area contributed by atoms with E-state index in [4.69, 9.17) is 14.4 Å². The van der Waals surface area contributed by atoms with Gasteiger partial charge in [-0.25, -0.2) is 4.98 Å². The number of hydrogen-bond acceptors (Lipinski definition) is 5. The molecule has 32 heavy (non-hydrogen) atoms. The van der Waals surface area contributed by atoms with E-state index in [1.165, 1.54) is 24.1 Å². The van der Waals surface area contributed by atoms with Crippen LogP contribution in [-0.4, -0.2) is 39.0 Å². The first-order valence-corrected chi connectivity index (χ1v) is 11.6. The molecule has 1 aliphatic carbocycles. The number of likely N-dealkylation sites (tertiary alicyclic amines) is 1. The molecule has 6 nitrogen and oxygen atoms in total. The quantitative estimate of drug-likeness (QED) is 0.599. The van der Waals surface area contributed by atoms with E-state index in [1.807, 2.05) is 35.2 Å². The van der Waals surface area contributed by atoms with Gasteiger partial charge in [0, 0.05) is 30.4 Å². The molecular formula is C26H29N3O3. The molecule has 1 aliphatic heterocycles. The lowest BCUT2D eigenvalue weighted by Crippen LogP contribution is -2.32. The fourth-order valence-corrected chi connectivity index (χ4v) is 5.02. The van der Waals surface area contributed by atoms with Crippen LogP contribution in [-0.2, 0) is 30.5 Å². The molecule has 0 spiro atoms. The predicted octanol–water partition coefficient (Wildman–Crippen LogP) is 4.35. The molecule has 3 heterocycles. The Labute approximate surface area is 188 Å². The lowest BCUT2D eigenvalue weighted by atomic mass is 9.95. The van der Waals surface area contributed by atoms with Gasteiger partial charge in [0.05, 0.1) is 5.69 Å². The van der Waals surface area contributed by atoms with E-state index in [9.17, 15) is 9.90 Å². The monoisotopic (exact) mass is 431 g/mol. The maximum atomic E-state index is 12.0. The van der Waals surface area contributed by atoms with Gasteiger partial charge in [0.2, 0.25) is 0 Å². The fourth-order valence-electron chi connectivity index (χ4n) is 5.02. The standard InChI is InChI=1S/C26H29N3O3/c30-26(31)24(19-7-2-1-3-8-19)29-15-14-20(16-29)25-28-22(17-32-25)13-12-21-11-10-18-6-4-5-9-23(18)27-21/h1-3,7-8,10-11,17,20,24H,4-6,9,12-16H2,(H,30,31)/t20?,24-/m0/s1. The number of nitrogens with zero attached hydrogens (tertiary/aromatic N) is 3. The van der Waals surface area contributed by atoms with Crippen LogP contribution < -0.4 is 0 Å². The van der Waals surface area contributed by atoms with Crippen LogP contribution in [0.1, 0.15) is 65.3 Å². The number of carboxylic acids is 1. The Kier molecular flexibility index (Phi) is 6.04. The number of rotatable bonds is 7. The summed E-state index contributed by atoms with van der Waals surface area (Å²) in [5.74, 6) is 0.0248. The van der Waals surface area contributed by atoms with Crippen molar-refractivity contribution < 1.29 is 14.3 Å². The van der Waals surface area contributed by atoms with Crippen LogP contribution in [0.4, 0.5) is 0 Å². The Morgan fingerprint density at radius 2 is 1.88 bits per heavy atom. The van der Waals surface area contributed by atoms with E-state index in [0.29, 0.717) is 13.1 Å². The number of aryl methyl sites for hydroxylation is 4. The lowest BCUT2D eigenvalue weighted by Gasteiger charge is -2.24. The molecular weight excluding hydrogens is 402 g/mol. The van der Waals surface area contributed by atoms with Crippen molar-refractivity contribution in [2.45, 2.75) is 56.9 Å². The molecule has 0 bridgehead atoms. The van der Waals surface area contributed by atoms with Gasteiger partial charge >= 0.3 is 5.97 Å². The van der Waals surface area contributed by atoms with E-state index in [2.05, 4.69) is 12.1 Å². The van der Waals surface area contributed by atoms with E-state index < -0.39 is 12.0 Å². The third-order valence-electron chi connectivity index (χ3n) is 6.73. The van der Waals surface area contributed by atoms with Gasteiger partial charge in [0.15, 0.2) is 5.89 Å². The second-order valence-electron chi connectivity index (χ2n) is 8.92. The molecule has 2 aliphatic rings. The minimum atomic E-state index is -0.817. The molecule has 1 saturated heterocycles. The molecule has 3 aromatic rings. The highest BCUT2D eigenvalue weighted by atomic mass is 16.4. The maximum absolute atomic E-state index is 12.0. The Hall–Kier alpha value is -2.99. The minimum Gasteiger partial charge on any atom is -0.480 e. The number of pyridine rings is 1. The minimum absolute atomic E-state index is 0.121. The number of hydrogen-bond donors (Lipinski definition) is 1. The summed E-state index contributed by atoms with van der Waals surface area (Å²) in [5.41, 5.74) is 5.55. The zero-order chi connectivity index (χ0) is 21.9. The average Bonchev–Trinajstić information content (AvgIpc) is 3.48. The molecule has 6 heteroatoms. The highest BCUT2D eigenvalue weighted by Crippen LogP contribution is 2.33. The fraction of sp³-hybridized carbons (Fsp3) is 0.423. The van der Waals surface area contributed by atoms with Crippen molar-refractivity contribution >= 4 is 5.97 Å². The Morgan fingerprint density at radius 1 is 1.06 bits per heavy atom. The van der Waals surface area contributed by atoms with Crippen LogP contribution in [0.5, 0.6) is 0 Å². The molecule has 2 aromatic heterocycles. The normalized spacial score (nSPS) is 19.6. The number of carbonyl (C=O) groups is 1. The second-order valence-corrected chi connectivity index (χ2v) is 8.92. The smallest absolute Gasteiger partial charge is 0.325 e. The molecule has 2 atom stereocenters. The lowest BCUT2D eigenvalue weighted by molar-refractivity contribution is -0.143. The first kappa shape index (κ1) is 20.9. The third-order valence-corrected chi connectivity index (χ3v) is 6.73. The zero-order valence-corrected chi connectivity index (χ0v) is 18.2. The van der Waals surface area contributed by atoms with Gasteiger partial charge in [-0.3, -0.25) is 14.7 Å². The summed E-state index contributed by atoms with van der Waals surface area (Å²) in [4.78, 5) is 23.6. The molecule has 0 amide bonds. The van der Waals surface area contributed by atoms with Crippen LogP contribution in [0.3, 0.4) is 0 Å². The van der Waals surface area contributed by atoms with Crippen LogP contribution in [0.25, 0.3) is 0 Å². The number of benzene rings is 1. The zero-order valence-electron chi connectivity index (χ0n) is 18.2. The largest absolute Gasteiger partial charge is 0.480 e. The highest BCUT2D eigenvalue weighted by Gasteiger charge is 2.35. The second kappa shape index (κ2) is 9.25. The highest BCUT2D eigenvalue weighted by molar-refractivity contribution is 5.75. The summed E-state index contributed by atoms with van der Waals surface area (Å²) in [5, 5.41) is 9.81. The van der Waals surface area contributed by atoms with Crippen molar-refractivity contribution in [3.63, 3.8) is 0 Å². The summed E-state index contributed by atoms with van der Waals surface area (Å²) in [6.07, 6.45) is 9.01. The number of fused-ring (bicyclic) bond motifs is 1. The van der Waals surface area contributed by atoms with Gasteiger partial charge in [-0.1, -0.05) is 36.4 Å². The molecule has 1 unspecified atom stereocenters. The van der Waals surface area contributed by atoms with Crippen molar-refractivity contribution in [2.75, 3.05) is 13.1 Å². The molecule has 166 valence electrons. The number of carboxylic acid groups (broad SMARTS) is 1. The summed E-state index contributed by atoms with van der Waals surface area (Å²) in [6, 6.07) is 13.2. The van der Waals surface area contributed by atoms with Gasteiger partial charge in [-0.2, -0.15) is 0 Å². The van der Waals surface area contributed by atoms with Crippen LogP contribution in [0, 0.1) is 0 Å². The Balaban J connectivity index is 1.21. The summed E-state index contributed by atoms with van der Waals surface area (Å²) in [7, 11) is 0. The predicted molar refractivity (Wildman–Crippen MR) is 121 cm³/mol. The van der Waals surface area contributed by atoms with Crippen molar-refractivity contribution in [3.05, 3.63) is 82.8 Å². The van der Waals surface area contributed by atoms with Gasteiger partial charge in [-0.05, 0) is 62.1 Å². The summed E-state index contributed by atoms with van der Waals surface area (Å²) < 4.78 is 5.82. The first-order valence-electron chi connectivity index (χ1n) is 11.6. The van der Waals surface area contributed by atoms with Crippen molar-refractivity contribution in [3.8, 4) is 0 Å². The van der Waals surface area contributed by atoms with Crippen molar-refractivity contribution in [1.29, 1.82) is 0 Å². The van der Waals surface area contributed by atoms with Gasteiger partial charge in [0.25, 0.3) is 0 Å². The van der Waals surface area contributed by atoms with Crippen molar-refractivity contribution in [1.82, 2.24) is 14.9 Å². The molecule has 0 radical (unpaired) electrons. The summed E-state index contributed by atoms with van der Waals surface area (Å²) in [6.45, 7) is 1.35. The molecule has 1 aromatic carbocycles. The maximum Gasteiger partial charge on any atom is 0.325 e. The van der Waals surface area contributed by atoms with E-state index in [1.54, 1.807) is 6.26 Å². The molecule has 5 rings (SSSR count). The molecule has 1 fully saturated rings. The number of aliphatic carboxylic acids is 1. The Bertz CT molecular complexity index is 1080. The van der Waals surface area contributed by atoms with E-state index in [-0.39, 0.29) is 5.92 Å². The van der Waals surface area contributed by atoms with E-state index in [0.717, 1.165) is 54.9 Å². The summed E-state index contributed by atoms with van der Waals surface area (Å²) >= 11 is 0. The molecule has 0 saturated carbocycles. The number of oxazole rings is 1. The third kappa shape index (κ3) is 4.46. The van der Waals surface area contributed by atoms with Crippen molar-refractivity contribution in [2.24, 2.45) is 0 Å².